The van der Waals surface area contributed by atoms with Gasteiger partial charge < -0.3 is 0 Å². The van der Waals surface area contributed by atoms with Gasteiger partial charge in [-0.15, -0.1) is 0 Å². The monoisotopic (exact) mass is 295 g/mol. The van der Waals surface area contributed by atoms with Crippen LogP contribution >= 0.6 is 0 Å². The van der Waals surface area contributed by atoms with Crippen LogP contribution in [0.2, 0.25) is 0 Å². The summed E-state index contributed by atoms with van der Waals surface area (Å²) < 4.78 is 1.19. The van der Waals surface area contributed by atoms with Gasteiger partial charge in [0, 0.05) is 0 Å². The van der Waals surface area contributed by atoms with Crippen molar-refractivity contribution < 1.29 is 46.3 Å². The van der Waals surface area contributed by atoms with E-state index in [0.717, 1.165) is 0 Å². The average Bonchev–Trinajstić information content (AvgIpc) is 2.17. The molecule has 0 aromatic rings. The Bertz CT molecular complexity index is 128. The van der Waals surface area contributed by atoms with Crippen LogP contribution in [-0.2, 0) is 19.7 Å². The van der Waals surface area contributed by atoms with Crippen molar-refractivity contribution in [3.63, 3.8) is 0 Å². The fourth-order valence-corrected chi connectivity index (χ4v) is 1.06. The van der Waals surface area contributed by atoms with E-state index in [1.54, 1.807) is 0 Å². The number of nitrogens with zero attached hydrogens (tertiary/aromatic N) is 2. The third-order valence-corrected chi connectivity index (χ3v) is 1.99. The average molecular weight is 295 g/mol. The van der Waals surface area contributed by atoms with Crippen LogP contribution in [0.3, 0.4) is 0 Å². The zero-order valence-corrected chi connectivity index (χ0v) is 8.22. The molecule has 1 heterocycles. The van der Waals surface area contributed by atoms with Gasteiger partial charge in [0.15, 0.2) is 0 Å². The zero-order valence-electron chi connectivity index (χ0n) is 6.06. The van der Waals surface area contributed by atoms with Crippen LogP contribution in [-0.4, -0.2) is 25.7 Å². The summed E-state index contributed by atoms with van der Waals surface area (Å²) >= 11 is -0.420. The van der Waals surface area contributed by atoms with Gasteiger partial charge in [-0.05, 0) is 0 Å². The summed E-state index contributed by atoms with van der Waals surface area (Å²) in [6, 6.07) is 0. The number of hydrogen-bond donors (Lipinski definition) is 3. The van der Waals surface area contributed by atoms with Crippen molar-refractivity contribution >= 4 is 0 Å². The number of nitrogens with one attached hydrogen (secondary N) is 2. The summed E-state index contributed by atoms with van der Waals surface area (Å²) in [6.45, 7) is 0.0235. The van der Waals surface area contributed by atoms with Gasteiger partial charge in [0.05, 0.1) is 0 Å². The SMILES string of the molecule is C[I-]N1OCNON(O)ONO1. The first-order chi connectivity index (χ1) is 5.83. The summed E-state index contributed by atoms with van der Waals surface area (Å²) in [4.78, 5) is 20.0. The van der Waals surface area contributed by atoms with Gasteiger partial charge in [-0.25, -0.2) is 0 Å². The molecule has 74 valence electrons. The predicted octanol–water partition coefficient (Wildman–Crippen LogP) is -4.76. The van der Waals surface area contributed by atoms with E-state index in [9.17, 15) is 0 Å². The molecule has 0 radical (unpaired) electrons. The molecule has 0 bridgehead atoms. The molecule has 12 heavy (non-hydrogen) atoms. The molecule has 10 heteroatoms. The standard InChI is InChI=1S/C2H8IN4O5/c1-3-6-9-2-4-10-7(8)12-5-11-6/h4-5,8H,2H2,1H3/q-1. The summed E-state index contributed by atoms with van der Waals surface area (Å²) in [5, 5.41) is 8.66. The fourth-order valence-electron chi connectivity index (χ4n) is 0.365. The maximum absolute atomic E-state index is 8.62. The van der Waals surface area contributed by atoms with Gasteiger partial charge in [-0.2, -0.15) is 0 Å². The Balaban J connectivity index is 2.26. The summed E-state index contributed by atoms with van der Waals surface area (Å²) in [6.07, 6.45) is 0. The molecule has 3 N–H and O–H groups in total. The predicted molar refractivity (Wildman–Crippen MR) is 26.9 cm³/mol. The summed E-state index contributed by atoms with van der Waals surface area (Å²) in [5.74, 6) is 0. The van der Waals surface area contributed by atoms with Gasteiger partial charge in [0.25, 0.3) is 0 Å². The molecule has 0 aromatic carbocycles. The van der Waals surface area contributed by atoms with Gasteiger partial charge in [-0.1, -0.05) is 0 Å². The first-order valence-electron chi connectivity index (χ1n) is 2.73. The van der Waals surface area contributed by atoms with E-state index in [1.807, 2.05) is 10.6 Å². The zero-order chi connectivity index (χ0) is 8.81. The Morgan fingerprint density at radius 2 is 2.25 bits per heavy atom. The Labute approximate surface area is 78.3 Å². The van der Waals surface area contributed by atoms with Crippen molar-refractivity contribution in [2.75, 3.05) is 11.7 Å². The number of hydroxylamine groups is 1. The molecule has 0 unspecified atom stereocenters. The molecule has 1 rings (SSSR count). The Morgan fingerprint density at radius 1 is 1.42 bits per heavy atom. The van der Waals surface area contributed by atoms with E-state index >= 15 is 0 Å². The molecule has 0 aliphatic carbocycles. The first-order valence-corrected chi connectivity index (χ1v) is 5.85. The van der Waals surface area contributed by atoms with Crippen molar-refractivity contribution in [2.45, 2.75) is 0 Å². The van der Waals surface area contributed by atoms with E-state index in [-0.39, 0.29) is 12.1 Å². The quantitative estimate of drug-likeness (QED) is 0.251. The molecule has 9 nitrogen and oxygen atoms in total. The molecule has 0 saturated carbocycles. The molecule has 0 spiro atoms. The number of rotatable bonds is 1. The van der Waals surface area contributed by atoms with E-state index in [0.29, 0.717) is 0 Å². The van der Waals surface area contributed by atoms with Crippen molar-refractivity contribution in [2.24, 2.45) is 0 Å². The first kappa shape index (κ1) is 10.5. The maximum atomic E-state index is 8.62. The van der Waals surface area contributed by atoms with Crippen LogP contribution in [0.1, 0.15) is 0 Å². The number of alkyl halides is 1. The topological polar surface area (TPSA) is 87.7 Å². The summed E-state index contributed by atoms with van der Waals surface area (Å²) in [7, 11) is 0. The second-order valence-corrected chi connectivity index (χ2v) is 3.15. The van der Waals surface area contributed by atoms with Crippen molar-refractivity contribution in [3.8, 4) is 0 Å². The molecule has 0 amide bonds. The molecule has 0 atom stereocenters. The van der Waals surface area contributed by atoms with Crippen LogP contribution in [0.5, 0.6) is 0 Å². The van der Waals surface area contributed by atoms with Crippen LogP contribution < -0.4 is 32.6 Å². The van der Waals surface area contributed by atoms with Gasteiger partial charge >= 0.3 is 78.0 Å². The molecule has 1 aliphatic heterocycles. The normalized spacial score (nSPS) is 24.8. The fraction of sp³-hybridized carbons (Fsp3) is 1.00. The Hall–Kier alpha value is 0.370. The summed E-state index contributed by atoms with van der Waals surface area (Å²) in [5.41, 5.74) is 4.14. The van der Waals surface area contributed by atoms with Gasteiger partial charge in [0.1, 0.15) is 0 Å². The van der Waals surface area contributed by atoms with Gasteiger partial charge in [-0.3, -0.25) is 0 Å². The second-order valence-electron chi connectivity index (χ2n) is 1.39. The second kappa shape index (κ2) is 5.92. The van der Waals surface area contributed by atoms with E-state index in [4.69, 9.17) is 10.0 Å². The van der Waals surface area contributed by atoms with Crippen molar-refractivity contribution in [3.05, 3.63) is 0 Å². The molecule has 1 aliphatic rings. The van der Waals surface area contributed by atoms with E-state index < -0.39 is 21.5 Å². The third-order valence-electron chi connectivity index (χ3n) is 0.730. The molecule has 1 fully saturated rings. The minimum absolute atomic E-state index is 0.0235. The van der Waals surface area contributed by atoms with Crippen LogP contribution in [0.15, 0.2) is 0 Å². The van der Waals surface area contributed by atoms with Gasteiger partial charge in [0.2, 0.25) is 0 Å². The molecular formula is C2H8IN4O5-. The van der Waals surface area contributed by atoms with Crippen LogP contribution in [0.25, 0.3) is 0 Å². The molecule has 0 aromatic heterocycles. The third kappa shape index (κ3) is 3.85. The van der Waals surface area contributed by atoms with Crippen molar-refractivity contribution in [1.82, 2.24) is 20.0 Å². The van der Waals surface area contributed by atoms with Crippen LogP contribution in [0.4, 0.5) is 0 Å². The molecule has 1 saturated heterocycles. The number of halogens is 1. The Morgan fingerprint density at radius 3 is 3.00 bits per heavy atom. The van der Waals surface area contributed by atoms with Crippen LogP contribution in [0, 0.1) is 0 Å². The van der Waals surface area contributed by atoms with Crippen molar-refractivity contribution in [1.29, 1.82) is 0 Å². The molecular weight excluding hydrogens is 287 g/mol. The number of hydrogen-bond acceptors (Lipinski definition) is 9. The van der Waals surface area contributed by atoms with E-state index in [1.165, 1.54) is 3.44 Å². The van der Waals surface area contributed by atoms with E-state index in [2.05, 4.69) is 20.3 Å². The Kier molecular flexibility index (Phi) is 5.16. The minimum atomic E-state index is -0.420.